The molecule has 2 rings (SSSR count). The third-order valence-electron chi connectivity index (χ3n) is 3.41. The molecule has 6 heteroatoms. The molecule has 1 saturated heterocycles. The van der Waals surface area contributed by atoms with E-state index in [4.69, 9.17) is 11.6 Å². The van der Waals surface area contributed by atoms with E-state index < -0.39 is 5.97 Å². The summed E-state index contributed by atoms with van der Waals surface area (Å²) in [7, 11) is 1.35. The van der Waals surface area contributed by atoms with Crippen molar-refractivity contribution < 1.29 is 9.53 Å². The summed E-state index contributed by atoms with van der Waals surface area (Å²) < 4.78 is 4.68. The number of esters is 1. The summed E-state index contributed by atoms with van der Waals surface area (Å²) in [5, 5.41) is 1.08. The van der Waals surface area contributed by atoms with Crippen LogP contribution >= 0.6 is 22.9 Å². The summed E-state index contributed by atoms with van der Waals surface area (Å²) in [4.78, 5) is 18.3. The number of ether oxygens (including phenoxy) is 1. The second-order valence-corrected chi connectivity index (χ2v) is 5.78. The minimum absolute atomic E-state index is 0.250. The first kappa shape index (κ1) is 13.6. The first-order valence-corrected chi connectivity index (χ1v) is 7.34. The molecule has 0 aromatic carbocycles. The first-order chi connectivity index (χ1) is 8.65. The lowest BCUT2D eigenvalue weighted by molar-refractivity contribution is 0.0606. The van der Waals surface area contributed by atoms with Gasteiger partial charge in [-0.3, -0.25) is 0 Å². The molecule has 0 spiro atoms. The predicted octanol–water partition coefficient (Wildman–Crippen LogP) is 3.21. The maximum absolute atomic E-state index is 11.5. The van der Waals surface area contributed by atoms with Crippen molar-refractivity contribution in [1.29, 1.82) is 0 Å². The Kier molecular flexibility index (Phi) is 4.45. The van der Waals surface area contributed by atoms with Gasteiger partial charge in [0.05, 0.1) is 7.11 Å². The highest BCUT2D eigenvalue weighted by molar-refractivity contribution is 7.18. The van der Waals surface area contributed by atoms with E-state index >= 15 is 0 Å². The van der Waals surface area contributed by atoms with Gasteiger partial charge in [0.15, 0.2) is 15.2 Å². The summed E-state index contributed by atoms with van der Waals surface area (Å²) in [5.74, 6) is 0.406. The molecule has 0 amide bonds. The van der Waals surface area contributed by atoms with Crippen LogP contribution in [0.3, 0.4) is 0 Å². The molecule has 0 atom stereocenters. The number of hydrogen-bond donors (Lipinski definition) is 0. The van der Waals surface area contributed by atoms with Crippen LogP contribution in [-0.4, -0.2) is 31.2 Å². The Morgan fingerprint density at radius 2 is 2.22 bits per heavy atom. The molecule has 2 heterocycles. The lowest BCUT2D eigenvalue weighted by Crippen LogP contribution is -2.33. The fourth-order valence-electron chi connectivity index (χ4n) is 2.18. The summed E-state index contributed by atoms with van der Waals surface area (Å²) in [6.45, 7) is 4.21. The molecule has 1 aromatic heterocycles. The van der Waals surface area contributed by atoms with E-state index in [1.54, 1.807) is 0 Å². The van der Waals surface area contributed by atoms with Gasteiger partial charge in [-0.05, 0) is 18.8 Å². The van der Waals surface area contributed by atoms with E-state index in [0.717, 1.165) is 24.1 Å². The number of nitrogens with zero attached hydrogens (tertiary/aromatic N) is 2. The number of halogens is 1. The van der Waals surface area contributed by atoms with Gasteiger partial charge >= 0.3 is 5.97 Å². The zero-order valence-electron chi connectivity index (χ0n) is 10.6. The molecular formula is C12H17ClN2O2S. The highest BCUT2D eigenvalue weighted by atomic mass is 35.5. The summed E-state index contributed by atoms with van der Waals surface area (Å²) in [5.41, 5.74) is 0. The zero-order chi connectivity index (χ0) is 13.1. The molecule has 0 radical (unpaired) electrons. The summed E-state index contributed by atoms with van der Waals surface area (Å²) in [6.07, 6.45) is 3.60. The lowest BCUT2D eigenvalue weighted by Gasteiger charge is -2.31. The van der Waals surface area contributed by atoms with Crippen LogP contribution in [0.15, 0.2) is 0 Å². The van der Waals surface area contributed by atoms with Crippen molar-refractivity contribution in [3.8, 4) is 0 Å². The number of methoxy groups -OCH3 is 1. The molecule has 0 saturated carbocycles. The number of hydrogen-bond acceptors (Lipinski definition) is 5. The van der Waals surface area contributed by atoms with Crippen LogP contribution < -0.4 is 4.90 Å². The van der Waals surface area contributed by atoms with Gasteiger partial charge in [0, 0.05) is 13.1 Å². The molecule has 1 fully saturated rings. The Bertz CT molecular complexity index is 428. The SMILES string of the molecule is CCC1CCN(c2nc(Cl)c(C(=O)OC)s2)CC1. The quantitative estimate of drug-likeness (QED) is 0.801. The van der Waals surface area contributed by atoms with Crippen molar-refractivity contribution in [2.45, 2.75) is 26.2 Å². The number of carbonyl (C=O) groups is 1. The minimum Gasteiger partial charge on any atom is -0.465 e. The first-order valence-electron chi connectivity index (χ1n) is 6.15. The minimum atomic E-state index is -0.410. The van der Waals surface area contributed by atoms with Gasteiger partial charge in [-0.1, -0.05) is 36.3 Å². The van der Waals surface area contributed by atoms with Crippen molar-refractivity contribution in [3.05, 3.63) is 10.0 Å². The number of carbonyl (C=O) groups excluding carboxylic acids is 1. The smallest absolute Gasteiger partial charge is 0.351 e. The molecule has 100 valence electrons. The van der Waals surface area contributed by atoms with E-state index in [1.165, 1.54) is 37.7 Å². The Balaban J connectivity index is 2.08. The molecule has 0 N–H and O–H groups in total. The number of piperidine rings is 1. The third-order valence-corrected chi connectivity index (χ3v) is 4.89. The second-order valence-electron chi connectivity index (χ2n) is 4.45. The fraction of sp³-hybridized carbons (Fsp3) is 0.667. The zero-order valence-corrected chi connectivity index (χ0v) is 12.2. The number of anilines is 1. The number of aromatic nitrogens is 1. The van der Waals surface area contributed by atoms with Crippen molar-refractivity contribution in [3.63, 3.8) is 0 Å². The number of rotatable bonds is 3. The maximum atomic E-state index is 11.5. The average Bonchev–Trinajstić information content (AvgIpc) is 2.80. The molecular weight excluding hydrogens is 272 g/mol. The van der Waals surface area contributed by atoms with Gasteiger partial charge in [0.2, 0.25) is 0 Å². The van der Waals surface area contributed by atoms with Crippen LogP contribution in [0.2, 0.25) is 5.15 Å². The van der Waals surface area contributed by atoms with Crippen LogP contribution in [0.1, 0.15) is 35.9 Å². The van der Waals surface area contributed by atoms with Gasteiger partial charge in [-0.25, -0.2) is 9.78 Å². The third kappa shape index (κ3) is 2.78. The molecule has 0 unspecified atom stereocenters. The molecule has 1 aliphatic heterocycles. The van der Waals surface area contributed by atoms with Gasteiger partial charge in [0.1, 0.15) is 0 Å². The Labute approximate surface area is 116 Å². The molecule has 1 aliphatic rings. The normalized spacial score (nSPS) is 16.9. The van der Waals surface area contributed by atoms with Gasteiger partial charge in [-0.15, -0.1) is 0 Å². The fourth-order valence-corrected chi connectivity index (χ4v) is 3.43. The highest BCUT2D eigenvalue weighted by Crippen LogP contribution is 2.32. The van der Waals surface area contributed by atoms with Crippen molar-refractivity contribution >= 4 is 34.0 Å². The Morgan fingerprint density at radius 1 is 1.56 bits per heavy atom. The summed E-state index contributed by atoms with van der Waals surface area (Å²) >= 11 is 7.28. The number of thiazole rings is 1. The van der Waals surface area contributed by atoms with E-state index in [1.807, 2.05) is 0 Å². The van der Waals surface area contributed by atoms with Crippen LogP contribution in [0.25, 0.3) is 0 Å². The van der Waals surface area contributed by atoms with Crippen molar-refractivity contribution in [1.82, 2.24) is 4.98 Å². The lowest BCUT2D eigenvalue weighted by atomic mass is 9.95. The predicted molar refractivity (Wildman–Crippen MR) is 73.7 cm³/mol. The monoisotopic (exact) mass is 288 g/mol. The largest absolute Gasteiger partial charge is 0.465 e. The molecule has 0 bridgehead atoms. The van der Waals surface area contributed by atoms with Gasteiger partial charge in [-0.2, -0.15) is 0 Å². The van der Waals surface area contributed by atoms with Gasteiger partial charge < -0.3 is 9.64 Å². The van der Waals surface area contributed by atoms with Crippen LogP contribution in [0.5, 0.6) is 0 Å². The topological polar surface area (TPSA) is 42.4 Å². The van der Waals surface area contributed by atoms with E-state index in [0.29, 0.717) is 4.88 Å². The van der Waals surface area contributed by atoms with Crippen LogP contribution in [0.4, 0.5) is 5.13 Å². The molecule has 18 heavy (non-hydrogen) atoms. The van der Waals surface area contributed by atoms with Crippen LogP contribution in [0, 0.1) is 5.92 Å². The summed E-state index contributed by atoms with van der Waals surface area (Å²) in [6, 6.07) is 0. The second kappa shape index (κ2) is 5.89. The molecule has 0 aliphatic carbocycles. The van der Waals surface area contributed by atoms with E-state index in [9.17, 15) is 4.79 Å². The highest BCUT2D eigenvalue weighted by Gasteiger charge is 2.24. The van der Waals surface area contributed by atoms with Crippen LogP contribution in [-0.2, 0) is 4.74 Å². The maximum Gasteiger partial charge on any atom is 0.351 e. The van der Waals surface area contributed by atoms with Crippen molar-refractivity contribution in [2.24, 2.45) is 5.92 Å². The van der Waals surface area contributed by atoms with E-state index in [2.05, 4.69) is 21.5 Å². The average molecular weight is 289 g/mol. The molecule has 4 nitrogen and oxygen atoms in total. The Morgan fingerprint density at radius 3 is 2.78 bits per heavy atom. The Hall–Kier alpha value is -0.810. The standard InChI is InChI=1S/C12H17ClN2O2S/c1-3-8-4-6-15(7-5-8)12-14-10(13)9(18-12)11(16)17-2/h8H,3-7H2,1-2H3. The molecule has 1 aromatic rings. The van der Waals surface area contributed by atoms with Crippen molar-refractivity contribution in [2.75, 3.05) is 25.1 Å². The van der Waals surface area contributed by atoms with E-state index in [-0.39, 0.29) is 5.15 Å². The van der Waals surface area contributed by atoms with Gasteiger partial charge in [0.25, 0.3) is 0 Å².